The van der Waals surface area contributed by atoms with E-state index in [0.29, 0.717) is 32.4 Å². The molecule has 0 aromatic carbocycles. The Morgan fingerprint density at radius 2 is 2.26 bits per heavy atom. The number of rotatable bonds is 6. The van der Waals surface area contributed by atoms with Gasteiger partial charge in [0.15, 0.2) is 16.4 Å². The molecule has 0 spiro atoms. The first-order chi connectivity index (χ1) is 11.0. The highest BCUT2D eigenvalue weighted by Gasteiger charge is 2.38. The van der Waals surface area contributed by atoms with Crippen molar-refractivity contribution >= 4 is 15.9 Å². The molecule has 1 amide bonds. The largest absolute Gasteiger partial charge is 0.350 e. The van der Waals surface area contributed by atoms with Gasteiger partial charge in [0.2, 0.25) is 0 Å². The third-order valence-corrected chi connectivity index (χ3v) is 5.19. The van der Waals surface area contributed by atoms with Gasteiger partial charge in [0.1, 0.15) is 0 Å². The summed E-state index contributed by atoms with van der Waals surface area (Å²) in [5.41, 5.74) is -0.380. The summed E-state index contributed by atoms with van der Waals surface area (Å²) in [6, 6.07) is 1.27. The van der Waals surface area contributed by atoms with Gasteiger partial charge in [-0.2, -0.15) is 15.3 Å². The van der Waals surface area contributed by atoms with Crippen LogP contribution in [0.5, 0.6) is 0 Å². The van der Waals surface area contributed by atoms with Crippen molar-refractivity contribution in [1.82, 2.24) is 19.8 Å². The van der Waals surface area contributed by atoms with Crippen LogP contribution in [0.2, 0.25) is 0 Å². The van der Waals surface area contributed by atoms with Gasteiger partial charge in [-0.25, -0.2) is 13.1 Å². The van der Waals surface area contributed by atoms with Gasteiger partial charge in [0, 0.05) is 38.4 Å². The van der Waals surface area contributed by atoms with E-state index in [-0.39, 0.29) is 17.3 Å². The normalized spacial score (nSPS) is 19.6. The minimum absolute atomic E-state index is 0.00610. The fourth-order valence-corrected chi connectivity index (χ4v) is 3.57. The van der Waals surface area contributed by atoms with Crippen molar-refractivity contribution < 1.29 is 13.2 Å². The van der Waals surface area contributed by atoms with Crippen molar-refractivity contribution in [3.63, 3.8) is 0 Å². The summed E-state index contributed by atoms with van der Waals surface area (Å²) < 4.78 is 27.4. The number of terminal acetylenes is 1. The molecule has 1 aromatic rings. The average molecular weight is 336 g/mol. The van der Waals surface area contributed by atoms with Crippen molar-refractivity contribution in [2.24, 2.45) is 10.2 Å². The Balaban J connectivity index is 1.58. The Labute approximate surface area is 133 Å². The second kappa shape index (κ2) is 5.75. The van der Waals surface area contributed by atoms with Gasteiger partial charge < -0.3 is 5.32 Å². The summed E-state index contributed by atoms with van der Waals surface area (Å²) in [4.78, 5) is 12.1. The van der Waals surface area contributed by atoms with E-state index >= 15 is 0 Å². The van der Waals surface area contributed by atoms with Gasteiger partial charge in [-0.3, -0.25) is 9.48 Å². The predicted molar refractivity (Wildman–Crippen MR) is 80.0 cm³/mol. The van der Waals surface area contributed by atoms with Crippen LogP contribution in [-0.2, 0) is 16.6 Å². The van der Waals surface area contributed by atoms with Crippen molar-refractivity contribution in [3.8, 4) is 12.3 Å². The lowest BCUT2D eigenvalue weighted by atomic mass is 10.0. The molecule has 1 aromatic heterocycles. The maximum atomic E-state index is 12.1. The van der Waals surface area contributed by atoms with E-state index in [1.807, 2.05) is 0 Å². The molecule has 0 bridgehead atoms. The van der Waals surface area contributed by atoms with Gasteiger partial charge in [0.25, 0.3) is 15.9 Å². The lowest BCUT2D eigenvalue weighted by molar-refractivity contribution is 0.0946. The molecule has 0 radical (unpaired) electrons. The number of nitrogens with zero attached hydrogens (tertiary/aromatic N) is 4. The third kappa shape index (κ3) is 3.25. The molecular formula is C13H16N6O3S. The second-order valence-electron chi connectivity index (χ2n) is 5.38. The minimum atomic E-state index is -3.58. The Hall–Kier alpha value is -2.25. The molecule has 0 fully saturated rings. The molecule has 3 heterocycles. The molecule has 0 saturated heterocycles. The summed E-state index contributed by atoms with van der Waals surface area (Å²) in [7, 11) is -3.58. The van der Waals surface area contributed by atoms with Crippen LogP contribution in [0.15, 0.2) is 21.3 Å². The lowest BCUT2D eigenvalue weighted by Gasteiger charge is -2.14. The van der Waals surface area contributed by atoms with Crippen molar-refractivity contribution in [3.05, 3.63) is 11.8 Å². The molecule has 3 rings (SSSR count). The van der Waals surface area contributed by atoms with Crippen LogP contribution in [0, 0.1) is 12.3 Å². The molecule has 2 aliphatic rings. The van der Waals surface area contributed by atoms with Gasteiger partial charge >= 0.3 is 0 Å². The summed E-state index contributed by atoms with van der Waals surface area (Å²) in [5, 5.41) is 14.7. The minimum Gasteiger partial charge on any atom is -0.350 e. The van der Waals surface area contributed by atoms with Crippen molar-refractivity contribution in [2.45, 2.75) is 36.5 Å². The molecule has 9 nitrogen and oxygen atoms in total. The smallest absolute Gasteiger partial charge is 0.271 e. The summed E-state index contributed by atoms with van der Waals surface area (Å²) >= 11 is 0. The molecule has 10 heteroatoms. The van der Waals surface area contributed by atoms with E-state index in [1.54, 1.807) is 0 Å². The third-order valence-electron chi connectivity index (χ3n) is 3.73. The Morgan fingerprint density at radius 3 is 2.91 bits per heavy atom. The zero-order valence-corrected chi connectivity index (χ0v) is 13.1. The Kier molecular flexibility index (Phi) is 3.91. The van der Waals surface area contributed by atoms with Gasteiger partial charge in [-0.15, -0.1) is 12.3 Å². The SMILES string of the molecule is C#CCCC1(CCNC(=O)c2cc3n(n2)CCNS3(=O)=O)N=N1. The van der Waals surface area contributed by atoms with Crippen LogP contribution < -0.4 is 10.0 Å². The maximum Gasteiger partial charge on any atom is 0.271 e. The fourth-order valence-electron chi connectivity index (χ4n) is 2.38. The topological polar surface area (TPSA) is 118 Å². The highest BCUT2D eigenvalue weighted by atomic mass is 32.2. The molecule has 0 atom stereocenters. The number of fused-ring (bicyclic) bond motifs is 1. The second-order valence-corrected chi connectivity index (χ2v) is 7.10. The summed E-state index contributed by atoms with van der Waals surface area (Å²) in [6.45, 7) is 1.02. The van der Waals surface area contributed by atoms with Crippen LogP contribution in [0.1, 0.15) is 29.8 Å². The molecule has 2 aliphatic heterocycles. The van der Waals surface area contributed by atoms with Crippen LogP contribution in [-0.4, -0.2) is 42.9 Å². The van der Waals surface area contributed by atoms with Gasteiger partial charge in [-0.1, -0.05) is 0 Å². The molecule has 2 N–H and O–H groups in total. The first-order valence-electron chi connectivity index (χ1n) is 7.19. The molecule has 122 valence electrons. The number of hydrogen-bond acceptors (Lipinski definition) is 6. The quantitative estimate of drug-likeness (QED) is 0.704. The highest BCUT2D eigenvalue weighted by molar-refractivity contribution is 7.89. The number of carbonyl (C=O) groups is 1. The molecule has 0 unspecified atom stereocenters. The van der Waals surface area contributed by atoms with E-state index in [2.05, 4.69) is 31.3 Å². The molecule has 0 saturated carbocycles. The predicted octanol–water partition coefficient (Wildman–Crippen LogP) is -0.130. The zero-order chi connectivity index (χ0) is 16.5. The fraction of sp³-hybridized carbons (Fsp3) is 0.538. The first kappa shape index (κ1) is 15.6. The number of amides is 1. The van der Waals surface area contributed by atoms with E-state index in [1.165, 1.54) is 10.7 Å². The number of carbonyl (C=O) groups excluding carboxylic acids is 1. The standard InChI is InChI=1S/C13H16N6O3S/c1-2-3-4-13(17-18-13)5-6-14-12(20)10-9-11-19(16-10)8-7-15-23(11,21)22/h1,9,15H,3-8H2,(H,14,20). The zero-order valence-electron chi connectivity index (χ0n) is 12.3. The average Bonchev–Trinajstić information content (AvgIpc) is 3.12. The van der Waals surface area contributed by atoms with Crippen LogP contribution in [0.25, 0.3) is 0 Å². The summed E-state index contributed by atoms with van der Waals surface area (Å²) in [5.74, 6) is 2.12. The van der Waals surface area contributed by atoms with E-state index in [9.17, 15) is 13.2 Å². The Bertz CT molecular complexity index is 798. The van der Waals surface area contributed by atoms with Crippen molar-refractivity contribution in [1.29, 1.82) is 0 Å². The molecule has 23 heavy (non-hydrogen) atoms. The number of aromatic nitrogens is 2. The summed E-state index contributed by atoms with van der Waals surface area (Å²) in [6.07, 6.45) is 7.03. The maximum absolute atomic E-state index is 12.1. The van der Waals surface area contributed by atoms with Gasteiger partial charge in [-0.05, 0) is 0 Å². The molecular weight excluding hydrogens is 320 g/mol. The Morgan fingerprint density at radius 1 is 1.48 bits per heavy atom. The van der Waals surface area contributed by atoms with Crippen LogP contribution >= 0.6 is 0 Å². The highest BCUT2D eigenvalue weighted by Crippen LogP contribution is 2.36. The van der Waals surface area contributed by atoms with Crippen molar-refractivity contribution in [2.75, 3.05) is 13.1 Å². The lowest BCUT2D eigenvalue weighted by Crippen LogP contribution is -2.35. The van der Waals surface area contributed by atoms with Crippen LogP contribution in [0.3, 0.4) is 0 Å². The van der Waals surface area contributed by atoms with Crippen LogP contribution in [0.4, 0.5) is 0 Å². The molecule has 0 aliphatic carbocycles. The van der Waals surface area contributed by atoms with E-state index < -0.39 is 21.6 Å². The van der Waals surface area contributed by atoms with E-state index in [4.69, 9.17) is 6.42 Å². The van der Waals surface area contributed by atoms with E-state index in [0.717, 1.165) is 0 Å². The number of sulfonamides is 1. The number of nitrogens with one attached hydrogen (secondary N) is 2. The monoisotopic (exact) mass is 336 g/mol. The number of hydrogen-bond donors (Lipinski definition) is 2. The van der Waals surface area contributed by atoms with Gasteiger partial charge in [0.05, 0.1) is 6.54 Å². The first-order valence-corrected chi connectivity index (χ1v) is 8.67.